The number of carbonyl (C=O) groups is 1. The zero-order valence-corrected chi connectivity index (χ0v) is 15.4. The third kappa shape index (κ3) is 5.71. The van der Waals surface area contributed by atoms with Gasteiger partial charge in [-0.05, 0) is 36.8 Å². The van der Waals surface area contributed by atoms with Gasteiger partial charge in [0.2, 0.25) is 5.88 Å². The number of pyridine rings is 1. The Kier molecular flexibility index (Phi) is 6.33. The van der Waals surface area contributed by atoms with Crippen LogP contribution in [-0.2, 0) is 11.3 Å². The van der Waals surface area contributed by atoms with Gasteiger partial charge in [0.1, 0.15) is 17.3 Å². The molecule has 5 nitrogen and oxygen atoms in total. The van der Waals surface area contributed by atoms with Crippen LogP contribution in [0.1, 0.15) is 12.5 Å². The van der Waals surface area contributed by atoms with Crippen LogP contribution < -0.4 is 14.8 Å². The van der Waals surface area contributed by atoms with Crippen LogP contribution in [0.2, 0.25) is 0 Å². The van der Waals surface area contributed by atoms with E-state index in [1.54, 1.807) is 18.2 Å². The van der Waals surface area contributed by atoms with Gasteiger partial charge in [-0.1, -0.05) is 12.1 Å². The molecule has 1 heterocycles. The minimum Gasteiger partial charge on any atom is -0.481 e. The molecule has 150 valence electrons. The Morgan fingerprint density at radius 2 is 1.86 bits per heavy atom. The van der Waals surface area contributed by atoms with E-state index < -0.39 is 29.5 Å². The molecule has 0 spiro atoms. The zero-order valence-electron chi connectivity index (χ0n) is 15.4. The second-order valence-corrected chi connectivity index (χ2v) is 6.12. The Labute approximate surface area is 165 Å². The maximum atomic E-state index is 13.2. The molecule has 0 saturated carbocycles. The number of benzene rings is 2. The number of halogens is 3. The summed E-state index contributed by atoms with van der Waals surface area (Å²) in [5.74, 6) is -2.25. The topological polar surface area (TPSA) is 60.5 Å². The second-order valence-electron chi connectivity index (χ2n) is 6.12. The highest BCUT2D eigenvalue weighted by Gasteiger charge is 2.15. The Balaban J connectivity index is 1.51. The van der Waals surface area contributed by atoms with E-state index in [2.05, 4.69) is 10.3 Å². The van der Waals surface area contributed by atoms with Crippen molar-refractivity contribution in [3.63, 3.8) is 0 Å². The third-order valence-corrected chi connectivity index (χ3v) is 3.86. The minimum absolute atomic E-state index is 0.0482. The fourth-order valence-corrected chi connectivity index (χ4v) is 2.37. The van der Waals surface area contributed by atoms with E-state index >= 15 is 0 Å². The quantitative estimate of drug-likeness (QED) is 0.637. The lowest BCUT2D eigenvalue weighted by Gasteiger charge is -2.15. The van der Waals surface area contributed by atoms with Gasteiger partial charge in [-0.3, -0.25) is 4.79 Å². The van der Waals surface area contributed by atoms with Crippen LogP contribution in [0.15, 0.2) is 60.8 Å². The van der Waals surface area contributed by atoms with Gasteiger partial charge < -0.3 is 14.8 Å². The van der Waals surface area contributed by atoms with Crippen molar-refractivity contribution in [3.8, 4) is 17.4 Å². The molecular formula is C21H17F3N2O3. The molecule has 0 bridgehead atoms. The van der Waals surface area contributed by atoms with Crippen LogP contribution >= 0.6 is 0 Å². The summed E-state index contributed by atoms with van der Waals surface area (Å²) in [6, 6.07) is 12.0. The molecule has 0 fully saturated rings. The van der Waals surface area contributed by atoms with Gasteiger partial charge in [0.05, 0.1) is 0 Å². The number of rotatable bonds is 7. The predicted molar refractivity (Wildman–Crippen MR) is 99.0 cm³/mol. The van der Waals surface area contributed by atoms with Gasteiger partial charge in [-0.2, -0.15) is 0 Å². The predicted octanol–water partition coefficient (Wildman–Crippen LogP) is 4.37. The monoisotopic (exact) mass is 402 g/mol. The number of carbonyl (C=O) groups excluding carboxylic acids is 1. The van der Waals surface area contributed by atoms with Gasteiger partial charge in [0.15, 0.2) is 17.7 Å². The van der Waals surface area contributed by atoms with Crippen molar-refractivity contribution < 1.29 is 27.4 Å². The van der Waals surface area contributed by atoms with Crippen molar-refractivity contribution in [1.82, 2.24) is 10.3 Å². The molecule has 8 heteroatoms. The number of ether oxygens (including phenoxy) is 2. The number of nitrogens with zero attached hydrogens (tertiary/aromatic N) is 1. The Hall–Kier alpha value is -3.55. The van der Waals surface area contributed by atoms with Crippen molar-refractivity contribution in [2.24, 2.45) is 0 Å². The number of amides is 1. The summed E-state index contributed by atoms with van der Waals surface area (Å²) in [6.07, 6.45) is 0.596. The maximum Gasteiger partial charge on any atom is 0.261 e. The second kappa shape index (κ2) is 9.09. The van der Waals surface area contributed by atoms with Crippen molar-refractivity contribution in [3.05, 3.63) is 83.8 Å². The fourth-order valence-electron chi connectivity index (χ4n) is 2.37. The van der Waals surface area contributed by atoms with Crippen LogP contribution in [0.4, 0.5) is 13.2 Å². The summed E-state index contributed by atoms with van der Waals surface area (Å²) in [4.78, 5) is 16.2. The molecule has 0 aliphatic carbocycles. The lowest BCUT2D eigenvalue weighted by Crippen LogP contribution is -2.35. The summed E-state index contributed by atoms with van der Waals surface area (Å²) in [6.45, 7) is 1.67. The van der Waals surface area contributed by atoms with E-state index in [1.807, 2.05) is 0 Å². The van der Waals surface area contributed by atoms with Crippen LogP contribution in [0, 0.1) is 17.5 Å². The summed E-state index contributed by atoms with van der Waals surface area (Å²) in [7, 11) is 0. The molecule has 0 saturated heterocycles. The molecule has 1 atom stereocenters. The van der Waals surface area contributed by atoms with Gasteiger partial charge in [0.25, 0.3) is 5.91 Å². The minimum atomic E-state index is -1.05. The third-order valence-electron chi connectivity index (χ3n) is 3.86. The van der Waals surface area contributed by atoms with E-state index in [-0.39, 0.29) is 18.2 Å². The molecule has 1 aromatic heterocycles. The van der Waals surface area contributed by atoms with Crippen molar-refractivity contribution in [2.75, 3.05) is 0 Å². The van der Waals surface area contributed by atoms with Gasteiger partial charge >= 0.3 is 0 Å². The molecule has 3 rings (SSSR count). The van der Waals surface area contributed by atoms with Gasteiger partial charge in [-0.25, -0.2) is 18.2 Å². The van der Waals surface area contributed by atoms with Gasteiger partial charge in [0, 0.05) is 30.9 Å². The number of nitrogens with one attached hydrogen (secondary N) is 1. The van der Waals surface area contributed by atoms with Crippen molar-refractivity contribution in [2.45, 2.75) is 19.6 Å². The zero-order chi connectivity index (χ0) is 20.8. The molecule has 1 amide bonds. The molecule has 0 aliphatic rings. The first-order valence-corrected chi connectivity index (χ1v) is 8.68. The summed E-state index contributed by atoms with van der Waals surface area (Å²) in [5, 5.41) is 2.66. The van der Waals surface area contributed by atoms with E-state index in [0.717, 1.165) is 12.1 Å². The highest BCUT2D eigenvalue weighted by Crippen LogP contribution is 2.20. The van der Waals surface area contributed by atoms with E-state index in [1.165, 1.54) is 37.4 Å². The molecule has 2 aromatic carbocycles. The SMILES string of the molecule is CC(Oc1ccc(F)c(F)c1)C(=O)NCc1ccc(Oc2cccc(F)c2)nc1. The highest BCUT2D eigenvalue weighted by atomic mass is 19.2. The van der Waals surface area contributed by atoms with E-state index in [0.29, 0.717) is 11.3 Å². The number of aromatic nitrogens is 1. The standard InChI is InChI=1S/C21H17F3N2O3/c1-13(28-17-6-7-18(23)19(24)10-17)21(27)26-12-14-5-8-20(25-11-14)29-16-4-2-3-15(22)9-16/h2-11,13H,12H2,1H3,(H,26,27). The Bertz CT molecular complexity index is 997. The lowest BCUT2D eigenvalue weighted by atomic mass is 10.2. The highest BCUT2D eigenvalue weighted by molar-refractivity contribution is 5.80. The summed E-state index contributed by atoms with van der Waals surface area (Å²) in [5.41, 5.74) is 0.699. The van der Waals surface area contributed by atoms with Crippen LogP contribution in [-0.4, -0.2) is 17.0 Å². The molecule has 0 aliphatic heterocycles. The largest absolute Gasteiger partial charge is 0.481 e. The van der Waals surface area contributed by atoms with Crippen LogP contribution in [0.5, 0.6) is 17.4 Å². The van der Waals surface area contributed by atoms with Crippen LogP contribution in [0.25, 0.3) is 0 Å². The molecule has 1 unspecified atom stereocenters. The number of hydrogen-bond acceptors (Lipinski definition) is 4. The molecular weight excluding hydrogens is 385 g/mol. The van der Waals surface area contributed by atoms with E-state index in [4.69, 9.17) is 9.47 Å². The fraction of sp³-hybridized carbons (Fsp3) is 0.143. The normalized spacial score (nSPS) is 11.6. The van der Waals surface area contributed by atoms with Gasteiger partial charge in [-0.15, -0.1) is 0 Å². The smallest absolute Gasteiger partial charge is 0.261 e. The first-order valence-electron chi connectivity index (χ1n) is 8.68. The Morgan fingerprint density at radius 1 is 1.03 bits per heavy atom. The first-order chi connectivity index (χ1) is 13.9. The Morgan fingerprint density at radius 3 is 2.55 bits per heavy atom. The summed E-state index contributed by atoms with van der Waals surface area (Å²) >= 11 is 0. The molecule has 3 aromatic rings. The number of hydrogen-bond donors (Lipinski definition) is 1. The lowest BCUT2D eigenvalue weighted by molar-refractivity contribution is -0.127. The van der Waals surface area contributed by atoms with E-state index in [9.17, 15) is 18.0 Å². The maximum absolute atomic E-state index is 13.2. The average Bonchev–Trinajstić information content (AvgIpc) is 2.70. The first kappa shape index (κ1) is 20.2. The van der Waals surface area contributed by atoms with Crippen LogP contribution in [0.3, 0.4) is 0 Å². The van der Waals surface area contributed by atoms with Crippen molar-refractivity contribution in [1.29, 1.82) is 0 Å². The summed E-state index contributed by atoms with van der Waals surface area (Å²) < 4.78 is 50.1. The molecule has 29 heavy (non-hydrogen) atoms. The molecule has 1 N–H and O–H groups in total. The molecule has 0 radical (unpaired) electrons. The average molecular weight is 402 g/mol. The van der Waals surface area contributed by atoms with Crippen molar-refractivity contribution >= 4 is 5.91 Å².